The number of allylic oxidation sites excluding steroid dienone is 3. The first-order valence-corrected chi connectivity index (χ1v) is 5.32. The van der Waals surface area contributed by atoms with Crippen molar-refractivity contribution in [2.24, 2.45) is 0 Å². The zero-order chi connectivity index (χ0) is 11.0. The SMILES string of the molecule is C=C(C)CCCC(C)=CCCC(C)=O. The fraction of sp³-hybridized carbons (Fsp3) is 0.615. The highest BCUT2D eigenvalue weighted by Crippen LogP contribution is 2.11. The van der Waals surface area contributed by atoms with Crippen LogP contribution in [0.4, 0.5) is 0 Å². The van der Waals surface area contributed by atoms with Crippen LogP contribution in [0.15, 0.2) is 23.8 Å². The second-order valence-corrected chi connectivity index (χ2v) is 4.10. The Balaban J connectivity index is 3.56. The molecule has 0 atom stereocenters. The molecule has 0 aliphatic heterocycles. The summed E-state index contributed by atoms with van der Waals surface area (Å²) in [5.74, 6) is 0.274. The molecule has 0 aromatic heterocycles. The van der Waals surface area contributed by atoms with Crippen LogP contribution in [0.1, 0.15) is 52.9 Å². The van der Waals surface area contributed by atoms with Crippen molar-refractivity contribution < 1.29 is 4.79 Å². The van der Waals surface area contributed by atoms with Crippen LogP contribution in [-0.2, 0) is 4.79 Å². The summed E-state index contributed by atoms with van der Waals surface area (Å²) in [6.07, 6.45) is 7.17. The van der Waals surface area contributed by atoms with E-state index in [0.717, 1.165) is 19.3 Å². The van der Waals surface area contributed by atoms with E-state index in [4.69, 9.17) is 0 Å². The average molecular weight is 194 g/mol. The first-order valence-electron chi connectivity index (χ1n) is 5.32. The summed E-state index contributed by atoms with van der Waals surface area (Å²) in [4.78, 5) is 10.7. The van der Waals surface area contributed by atoms with Crippen molar-refractivity contribution in [2.45, 2.75) is 52.9 Å². The van der Waals surface area contributed by atoms with Crippen LogP contribution in [0, 0.1) is 0 Å². The molecule has 0 N–H and O–H groups in total. The molecule has 0 rings (SSSR count). The highest BCUT2D eigenvalue weighted by atomic mass is 16.1. The summed E-state index contributed by atoms with van der Waals surface area (Å²) in [6, 6.07) is 0. The Labute approximate surface area is 87.9 Å². The molecule has 0 fully saturated rings. The van der Waals surface area contributed by atoms with Crippen LogP contribution in [0.3, 0.4) is 0 Å². The van der Waals surface area contributed by atoms with Gasteiger partial charge in [0, 0.05) is 6.42 Å². The van der Waals surface area contributed by atoms with Crippen LogP contribution < -0.4 is 0 Å². The van der Waals surface area contributed by atoms with Gasteiger partial charge in [0.2, 0.25) is 0 Å². The Morgan fingerprint density at radius 1 is 1.14 bits per heavy atom. The minimum absolute atomic E-state index is 0.274. The molecular weight excluding hydrogens is 172 g/mol. The van der Waals surface area contributed by atoms with Gasteiger partial charge in [-0.2, -0.15) is 0 Å². The topological polar surface area (TPSA) is 17.1 Å². The predicted octanol–water partition coefficient (Wildman–Crippen LogP) is 4.05. The number of ketones is 1. The second kappa shape index (κ2) is 7.54. The highest BCUT2D eigenvalue weighted by Gasteiger charge is 1.93. The van der Waals surface area contributed by atoms with Crippen molar-refractivity contribution in [3.8, 4) is 0 Å². The van der Waals surface area contributed by atoms with E-state index in [0.29, 0.717) is 6.42 Å². The summed E-state index contributed by atoms with van der Waals surface area (Å²) in [6.45, 7) is 9.72. The summed E-state index contributed by atoms with van der Waals surface area (Å²) in [5, 5.41) is 0. The van der Waals surface area contributed by atoms with Gasteiger partial charge in [-0.15, -0.1) is 6.58 Å². The predicted molar refractivity (Wildman–Crippen MR) is 62.3 cm³/mol. The zero-order valence-electron chi connectivity index (χ0n) is 9.73. The fourth-order valence-electron chi connectivity index (χ4n) is 1.29. The van der Waals surface area contributed by atoms with E-state index in [-0.39, 0.29) is 5.78 Å². The van der Waals surface area contributed by atoms with Gasteiger partial charge in [-0.3, -0.25) is 0 Å². The summed E-state index contributed by atoms with van der Waals surface area (Å²) in [7, 11) is 0. The van der Waals surface area contributed by atoms with Gasteiger partial charge in [-0.25, -0.2) is 0 Å². The number of Topliss-reactive ketones (excluding diaryl/α,β-unsaturated/α-hetero) is 1. The molecule has 0 spiro atoms. The van der Waals surface area contributed by atoms with Crippen molar-refractivity contribution in [1.29, 1.82) is 0 Å². The van der Waals surface area contributed by atoms with Crippen LogP contribution in [0.5, 0.6) is 0 Å². The fourth-order valence-corrected chi connectivity index (χ4v) is 1.29. The lowest BCUT2D eigenvalue weighted by Crippen LogP contribution is -1.88. The molecule has 0 aromatic rings. The first kappa shape index (κ1) is 13.2. The number of carbonyl (C=O) groups excluding carboxylic acids is 1. The van der Waals surface area contributed by atoms with Crippen molar-refractivity contribution >= 4 is 5.78 Å². The molecule has 0 heterocycles. The molecule has 1 heteroatoms. The van der Waals surface area contributed by atoms with E-state index < -0.39 is 0 Å². The molecule has 0 aromatic carbocycles. The van der Waals surface area contributed by atoms with E-state index in [1.165, 1.54) is 17.6 Å². The highest BCUT2D eigenvalue weighted by molar-refractivity contribution is 5.75. The minimum Gasteiger partial charge on any atom is -0.300 e. The molecular formula is C13H22O. The molecule has 0 aliphatic carbocycles. The number of hydrogen-bond donors (Lipinski definition) is 0. The third kappa shape index (κ3) is 9.24. The lowest BCUT2D eigenvalue weighted by Gasteiger charge is -2.01. The first-order chi connectivity index (χ1) is 6.52. The molecule has 0 radical (unpaired) electrons. The Morgan fingerprint density at radius 3 is 2.29 bits per heavy atom. The summed E-state index contributed by atoms with van der Waals surface area (Å²) >= 11 is 0. The van der Waals surface area contributed by atoms with Gasteiger partial charge < -0.3 is 4.79 Å². The van der Waals surface area contributed by atoms with Crippen LogP contribution >= 0.6 is 0 Å². The van der Waals surface area contributed by atoms with Crippen LogP contribution in [0.2, 0.25) is 0 Å². The molecule has 0 unspecified atom stereocenters. The average Bonchev–Trinajstić information content (AvgIpc) is 2.02. The Morgan fingerprint density at radius 2 is 1.79 bits per heavy atom. The molecule has 1 nitrogen and oxygen atoms in total. The Bertz CT molecular complexity index is 223. The van der Waals surface area contributed by atoms with Gasteiger partial charge >= 0.3 is 0 Å². The van der Waals surface area contributed by atoms with E-state index in [1.807, 2.05) is 0 Å². The molecule has 14 heavy (non-hydrogen) atoms. The molecule has 0 aliphatic rings. The summed E-state index contributed by atoms with van der Waals surface area (Å²) in [5.41, 5.74) is 2.65. The molecule has 0 amide bonds. The van der Waals surface area contributed by atoms with Gasteiger partial charge in [-0.05, 0) is 46.5 Å². The van der Waals surface area contributed by atoms with Crippen molar-refractivity contribution in [3.05, 3.63) is 23.8 Å². The Hall–Kier alpha value is -0.850. The van der Waals surface area contributed by atoms with E-state index in [1.54, 1.807) is 6.92 Å². The molecule has 0 bridgehead atoms. The van der Waals surface area contributed by atoms with Gasteiger partial charge in [0.1, 0.15) is 5.78 Å². The monoisotopic (exact) mass is 194 g/mol. The standard InChI is InChI=1S/C13H22O/c1-11(2)7-5-8-12(3)9-6-10-13(4)14/h9H,1,5-8,10H2,2-4H3. The number of rotatable bonds is 7. The van der Waals surface area contributed by atoms with Crippen molar-refractivity contribution in [3.63, 3.8) is 0 Å². The Kier molecular flexibility index (Phi) is 7.09. The van der Waals surface area contributed by atoms with Gasteiger partial charge in [0.15, 0.2) is 0 Å². The van der Waals surface area contributed by atoms with Gasteiger partial charge in [0.25, 0.3) is 0 Å². The number of carbonyl (C=O) groups is 1. The van der Waals surface area contributed by atoms with Crippen molar-refractivity contribution in [1.82, 2.24) is 0 Å². The van der Waals surface area contributed by atoms with Crippen LogP contribution in [0.25, 0.3) is 0 Å². The largest absolute Gasteiger partial charge is 0.300 e. The van der Waals surface area contributed by atoms with Gasteiger partial charge in [0.05, 0.1) is 0 Å². The minimum atomic E-state index is 0.274. The summed E-state index contributed by atoms with van der Waals surface area (Å²) < 4.78 is 0. The lowest BCUT2D eigenvalue weighted by molar-refractivity contribution is -0.116. The molecule has 0 saturated heterocycles. The van der Waals surface area contributed by atoms with E-state index >= 15 is 0 Å². The number of hydrogen-bond acceptors (Lipinski definition) is 1. The lowest BCUT2D eigenvalue weighted by atomic mass is 10.1. The van der Waals surface area contributed by atoms with Gasteiger partial charge in [-0.1, -0.05) is 17.2 Å². The smallest absolute Gasteiger partial charge is 0.130 e. The maximum atomic E-state index is 10.7. The van der Waals surface area contributed by atoms with Crippen molar-refractivity contribution in [2.75, 3.05) is 0 Å². The maximum Gasteiger partial charge on any atom is 0.130 e. The normalized spacial score (nSPS) is 11.5. The quantitative estimate of drug-likeness (QED) is 0.559. The molecule has 80 valence electrons. The molecule has 0 saturated carbocycles. The van der Waals surface area contributed by atoms with E-state index in [9.17, 15) is 4.79 Å². The third-order valence-electron chi connectivity index (χ3n) is 2.16. The van der Waals surface area contributed by atoms with E-state index in [2.05, 4.69) is 26.5 Å². The van der Waals surface area contributed by atoms with Crippen LogP contribution in [-0.4, -0.2) is 5.78 Å². The third-order valence-corrected chi connectivity index (χ3v) is 2.16. The second-order valence-electron chi connectivity index (χ2n) is 4.10. The maximum absolute atomic E-state index is 10.7. The zero-order valence-corrected chi connectivity index (χ0v) is 9.73.